The average molecular weight is 313 g/mol. The highest BCUT2D eigenvalue weighted by Gasteiger charge is 2.47. The Morgan fingerprint density at radius 2 is 1.83 bits per heavy atom. The molecule has 0 aromatic carbocycles. The fourth-order valence-electron chi connectivity index (χ4n) is 4.42. The summed E-state index contributed by atoms with van der Waals surface area (Å²) < 4.78 is 1.83. The van der Waals surface area contributed by atoms with Crippen molar-refractivity contribution in [2.45, 2.75) is 88.3 Å². The molecule has 1 aromatic rings. The number of aromatic nitrogens is 3. The molecular formula is C18H27N5. The smallest absolute Gasteiger partial charge is 0.150 e. The van der Waals surface area contributed by atoms with Gasteiger partial charge in [0.1, 0.15) is 0 Å². The molecule has 3 saturated carbocycles. The number of hydrogen-bond acceptors (Lipinski definition) is 4. The van der Waals surface area contributed by atoms with E-state index in [1.165, 1.54) is 57.8 Å². The van der Waals surface area contributed by atoms with Crippen molar-refractivity contribution in [3.63, 3.8) is 0 Å². The van der Waals surface area contributed by atoms with Gasteiger partial charge in [-0.3, -0.25) is 0 Å². The molecule has 5 nitrogen and oxygen atoms in total. The van der Waals surface area contributed by atoms with Crippen LogP contribution in [0.5, 0.6) is 0 Å². The fourth-order valence-corrected chi connectivity index (χ4v) is 4.42. The van der Waals surface area contributed by atoms with Crippen molar-refractivity contribution in [2.75, 3.05) is 0 Å². The first-order valence-corrected chi connectivity index (χ1v) is 9.41. The van der Waals surface area contributed by atoms with Gasteiger partial charge in [-0.05, 0) is 44.4 Å². The van der Waals surface area contributed by atoms with E-state index < -0.39 is 5.54 Å². The van der Waals surface area contributed by atoms with Gasteiger partial charge in [0.2, 0.25) is 0 Å². The summed E-state index contributed by atoms with van der Waals surface area (Å²) in [6.45, 7) is 0. The van der Waals surface area contributed by atoms with Gasteiger partial charge in [-0.15, -0.1) is 5.10 Å². The van der Waals surface area contributed by atoms with E-state index in [9.17, 15) is 5.26 Å². The topological polar surface area (TPSA) is 66.5 Å². The van der Waals surface area contributed by atoms with Crippen molar-refractivity contribution < 1.29 is 0 Å². The molecule has 1 atom stereocenters. The molecule has 0 saturated heterocycles. The van der Waals surface area contributed by atoms with Gasteiger partial charge in [0.05, 0.1) is 24.0 Å². The number of nitrogens with zero attached hydrogens (tertiary/aromatic N) is 4. The Balaban J connectivity index is 1.55. The molecule has 0 bridgehead atoms. The van der Waals surface area contributed by atoms with Crippen LogP contribution in [0.4, 0.5) is 0 Å². The van der Waals surface area contributed by atoms with Crippen LogP contribution in [0.3, 0.4) is 0 Å². The molecule has 5 heteroatoms. The van der Waals surface area contributed by atoms with Crippen molar-refractivity contribution in [3.8, 4) is 6.07 Å². The molecular weight excluding hydrogens is 286 g/mol. The highest BCUT2D eigenvalue weighted by atomic mass is 15.5. The van der Waals surface area contributed by atoms with Gasteiger partial charge >= 0.3 is 0 Å². The number of rotatable bonds is 5. The maximum Gasteiger partial charge on any atom is 0.150 e. The standard InChI is InChI=1S/C18H27N5/c19-13-18(10-11-18)23-12-16(21-22-23)17(14-6-2-1-3-7-14)20-15-8-4-5-9-15/h12,14-15,17,20H,1-11H2/t17-/m0/s1. The van der Waals surface area contributed by atoms with Gasteiger partial charge in [0, 0.05) is 6.04 Å². The van der Waals surface area contributed by atoms with Crippen molar-refractivity contribution >= 4 is 0 Å². The SMILES string of the molecule is N#CC1(n2cc([C@@H](NC3CCCC3)C3CCCCC3)nn2)CC1. The Hall–Kier alpha value is -1.41. The van der Waals surface area contributed by atoms with Crippen LogP contribution < -0.4 is 5.32 Å². The fraction of sp³-hybridized carbons (Fsp3) is 0.833. The molecule has 1 aromatic heterocycles. The third kappa shape index (κ3) is 3.01. The molecule has 1 N–H and O–H groups in total. The molecule has 0 unspecified atom stereocenters. The summed E-state index contributed by atoms with van der Waals surface area (Å²) in [7, 11) is 0. The van der Waals surface area contributed by atoms with Gasteiger partial charge in [-0.1, -0.05) is 37.3 Å². The van der Waals surface area contributed by atoms with Crippen LogP contribution in [0, 0.1) is 17.2 Å². The van der Waals surface area contributed by atoms with Gasteiger partial charge in [-0.2, -0.15) is 5.26 Å². The van der Waals surface area contributed by atoms with Gasteiger partial charge in [0.25, 0.3) is 0 Å². The number of nitriles is 1. The van der Waals surface area contributed by atoms with Gasteiger partial charge in [0.15, 0.2) is 5.54 Å². The van der Waals surface area contributed by atoms with Crippen molar-refractivity contribution in [2.24, 2.45) is 5.92 Å². The maximum atomic E-state index is 9.38. The first-order valence-electron chi connectivity index (χ1n) is 9.41. The molecule has 3 aliphatic rings. The molecule has 3 fully saturated rings. The van der Waals surface area contributed by atoms with Gasteiger partial charge in [-0.25, -0.2) is 4.68 Å². The van der Waals surface area contributed by atoms with Crippen molar-refractivity contribution in [1.29, 1.82) is 5.26 Å². The summed E-state index contributed by atoms with van der Waals surface area (Å²) in [6, 6.07) is 3.37. The van der Waals surface area contributed by atoms with Crippen LogP contribution >= 0.6 is 0 Å². The van der Waals surface area contributed by atoms with E-state index in [0.29, 0.717) is 18.0 Å². The highest BCUT2D eigenvalue weighted by Crippen LogP contribution is 2.43. The lowest BCUT2D eigenvalue weighted by molar-refractivity contribution is 0.249. The van der Waals surface area contributed by atoms with E-state index in [2.05, 4.69) is 27.9 Å². The van der Waals surface area contributed by atoms with Gasteiger partial charge < -0.3 is 5.32 Å². The molecule has 0 radical (unpaired) electrons. The third-order valence-electron chi connectivity index (χ3n) is 6.09. The van der Waals surface area contributed by atoms with E-state index in [1.807, 2.05) is 4.68 Å². The predicted octanol–water partition coefficient (Wildman–Crippen LogP) is 3.44. The molecule has 1 heterocycles. The van der Waals surface area contributed by atoms with Crippen LogP contribution in [-0.2, 0) is 5.54 Å². The summed E-state index contributed by atoms with van der Waals surface area (Å²) in [4.78, 5) is 0. The third-order valence-corrected chi connectivity index (χ3v) is 6.09. The van der Waals surface area contributed by atoms with E-state index in [1.54, 1.807) is 0 Å². The summed E-state index contributed by atoms with van der Waals surface area (Å²) in [5, 5.41) is 22.1. The van der Waals surface area contributed by atoms with Crippen LogP contribution in [0.25, 0.3) is 0 Å². The summed E-state index contributed by atoms with van der Waals surface area (Å²) in [5.74, 6) is 0.673. The second-order valence-corrected chi connectivity index (χ2v) is 7.76. The summed E-state index contributed by atoms with van der Waals surface area (Å²) in [6.07, 6.45) is 15.8. The Kier molecular flexibility index (Phi) is 4.11. The first kappa shape index (κ1) is 15.1. The summed E-state index contributed by atoms with van der Waals surface area (Å²) >= 11 is 0. The largest absolute Gasteiger partial charge is 0.305 e. The lowest BCUT2D eigenvalue weighted by Crippen LogP contribution is -2.36. The van der Waals surface area contributed by atoms with Crippen LogP contribution in [0.2, 0.25) is 0 Å². The summed E-state index contributed by atoms with van der Waals surface area (Å²) in [5.41, 5.74) is 0.667. The zero-order chi connectivity index (χ0) is 15.7. The number of hydrogen-bond donors (Lipinski definition) is 1. The van der Waals surface area contributed by atoms with E-state index >= 15 is 0 Å². The van der Waals surface area contributed by atoms with E-state index in [-0.39, 0.29) is 0 Å². The van der Waals surface area contributed by atoms with Crippen LogP contribution in [0.1, 0.15) is 82.4 Å². The first-order chi connectivity index (χ1) is 11.3. The Morgan fingerprint density at radius 1 is 1.13 bits per heavy atom. The minimum absolute atomic E-state index is 0.321. The van der Waals surface area contributed by atoms with Crippen molar-refractivity contribution in [1.82, 2.24) is 20.3 Å². The average Bonchev–Trinajstić information content (AvgIpc) is 3.00. The monoisotopic (exact) mass is 313 g/mol. The molecule has 3 aliphatic carbocycles. The van der Waals surface area contributed by atoms with Crippen molar-refractivity contribution in [3.05, 3.63) is 11.9 Å². The van der Waals surface area contributed by atoms with E-state index in [4.69, 9.17) is 0 Å². The highest BCUT2D eigenvalue weighted by molar-refractivity contribution is 5.17. The molecule has 124 valence electrons. The maximum absolute atomic E-state index is 9.38. The molecule has 0 amide bonds. The minimum Gasteiger partial charge on any atom is -0.305 e. The lowest BCUT2D eigenvalue weighted by atomic mass is 9.82. The second kappa shape index (κ2) is 6.24. The minimum atomic E-state index is -0.393. The molecule has 23 heavy (non-hydrogen) atoms. The lowest BCUT2D eigenvalue weighted by Gasteiger charge is -2.32. The molecule has 0 aliphatic heterocycles. The zero-order valence-electron chi connectivity index (χ0n) is 13.9. The van der Waals surface area contributed by atoms with Crippen LogP contribution in [-0.4, -0.2) is 21.0 Å². The normalized spacial score (nSPS) is 26.0. The second-order valence-electron chi connectivity index (χ2n) is 7.76. The predicted molar refractivity (Wildman–Crippen MR) is 87.6 cm³/mol. The quantitative estimate of drug-likeness (QED) is 0.904. The Labute approximate surface area is 138 Å². The Morgan fingerprint density at radius 3 is 2.48 bits per heavy atom. The van der Waals surface area contributed by atoms with E-state index in [0.717, 1.165) is 18.5 Å². The molecule has 0 spiro atoms. The Bertz CT molecular complexity index is 570. The zero-order valence-corrected chi connectivity index (χ0v) is 13.9. The molecule has 4 rings (SSSR count). The van der Waals surface area contributed by atoms with Crippen LogP contribution in [0.15, 0.2) is 6.20 Å². The number of nitrogens with one attached hydrogen (secondary N) is 1.